The maximum absolute atomic E-state index is 11.3. The number of halogens is 2. The second kappa shape index (κ2) is 6.68. The summed E-state index contributed by atoms with van der Waals surface area (Å²) in [6.45, 7) is 1.85. The number of hydrogen-bond acceptors (Lipinski definition) is 3. The van der Waals surface area contributed by atoms with E-state index in [9.17, 15) is 4.79 Å². The van der Waals surface area contributed by atoms with E-state index in [2.05, 4.69) is 0 Å². The maximum Gasteiger partial charge on any atom is 0.344 e. The molecule has 0 amide bonds. The Morgan fingerprint density at radius 1 is 1.20 bits per heavy atom. The average molecular weight is 314 g/mol. The fourth-order valence-electron chi connectivity index (χ4n) is 1.66. The maximum atomic E-state index is 11.3. The number of benzene rings is 1. The summed E-state index contributed by atoms with van der Waals surface area (Å²) in [7, 11) is 0. The molecule has 0 N–H and O–H groups in total. The molecule has 0 unspecified atom stereocenters. The first-order valence-electron chi connectivity index (χ1n) is 6.02. The Hall–Kier alpha value is -1.65. The number of rotatable bonds is 5. The van der Waals surface area contributed by atoms with E-state index in [-0.39, 0.29) is 6.61 Å². The molecule has 0 aliphatic rings. The van der Waals surface area contributed by atoms with E-state index in [1.165, 1.54) is 0 Å². The first-order chi connectivity index (χ1) is 9.61. The Labute approximate surface area is 126 Å². The van der Waals surface area contributed by atoms with Gasteiger partial charge < -0.3 is 14.0 Å². The molecule has 1 aromatic heterocycles. The van der Waals surface area contributed by atoms with Crippen LogP contribution in [0.15, 0.2) is 36.7 Å². The van der Waals surface area contributed by atoms with Crippen molar-refractivity contribution >= 4 is 29.2 Å². The summed E-state index contributed by atoms with van der Waals surface area (Å²) in [6, 6.07) is 7.02. The molecular weight excluding hydrogens is 301 g/mol. The molecule has 4 nitrogen and oxygen atoms in total. The van der Waals surface area contributed by atoms with E-state index in [4.69, 9.17) is 32.7 Å². The highest BCUT2D eigenvalue weighted by Gasteiger charge is 2.11. The Balaban J connectivity index is 2.21. The fraction of sp³-hybridized carbons (Fsp3) is 0.214. The van der Waals surface area contributed by atoms with Gasteiger partial charge in [-0.3, -0.25) is 0 Å². The third-order valence-electron chi connectivity index (χ3n) is 2.53. The van der Waals surface area contributed by atoms with Crippen LogP contribution in [0.25, 0.3) is 5.69 Å². The monoisotopic (exact) mass is 313 g/mol. The van der Waals surface area contributed by atoms with Crippen molar-refractivity contribution in [2.24, 2.45) is 0 Å². The zero-order chi connectivity index (χ0) is 14.5. The Morgan fingerprint density at radius 2 is 1.90 bits per heavy atom. The van der Waals surface area contributed by atoms with Crippen LogP contribution in [0.4, 0.5) is 0 Å². The first kappa shape index (κ1) is 14.8. The van der Waals surface area contributed by atoms with Gasteiger partial charge in [0.05, 0.1) is 22.3 Å². The van der Waals surface area contributed by atoms with Gasteiger partial charge in [0, 0.05) is 18.5 Å². The largest absolute Gasteiger partial charge is 0.480 e. The van der Waals surface area contributed by atoms with E-state index < -0.39 is 5.97 Å². The fourth-order valence-corrected chi connectivity index (χ4v) is 2.20. The van der Waals surface area contributed by atoms with Crippen LogP contribution >= 0.6 is 23.2 Å². The van der Waals surface area contributed by atoms with Crippen LogP contribution in [0.2, 0.25) is 10.0 Å². The quantitative estimate of drug-likeness (QED) is 0.790. The summed E-state index contributed by atoms with van der Waals surface area (Å²) >= 11 is 12.2. The van der Waals surface area contributed by atoms with Crippen molar-refractivity contribution < 1.29 is 14.3 Å². The third-order valence-corrected chi connectivity index (χ3v) is 3.13. The lowest BCUT2D eigenvalue weighted by atomic mass is 10.3. The first-order valence-corrected chi connectivity index (χ1v) is 6.78. The van der Waals surface area contributed by atoms with Gasteiger partial charge >= 0.3 is 5.97 Å². The Kier molecular flexibility index (Phi) is 4.93. The number of nitrogens with zero attached hydrogens (tertiary/aromatic N) is 1. The van der Waals surface area contributed by atoms with Gasteiger partial charge in [-0.2, -0.15) is 0 Å². The van der Waals surface area contributed by atoms with Crippen LogP contribution in [0.1, 0.15) is 6.92 Å². The van der Waals surface area contributed by atoms with Crippen molar-refractivity contribution in [3.63, 3.8) is 0 Å². The van der Waals surface area contributed by atoms with Crippen molar-refractivity contribution in [2.45, 2.75) is 6.92 Å². The summed E-state index contributed by atoms with van der Waals surface area (Å²) < 4.78 is 12.0. The molecular formula is C14H13Cl2NO3. The molecule has 106 valence electrons. The van der Waals surface area contributed by atoms with Crippen molar-refractivity contribution in [3.05, 3.63) is 46.7 Å². The van der Waals surface area contributed by atoms with Gasteiger partial charge in [-0.05, 0) is 25.1 Å². The third kappa shape index (κ3) is 3.46. The standard InChI is InChI=1S/C14H13Cl2NO3/c1-2-19-14(18)9-20-13-8-12(10(15)7-11(13)16)17-5-3-4-6-17/h3-8H,2,9H2,1H3. The van der Waals surface area contributed by atoms with Gasteiger partial charge in [0.15, 0.2) is 6.61 Å². The number of carbonyl (C=O) groups is 1. The van der Waals surface area contributed by atoms with Gasteiger partial charge in [0.2, 0.25) is 0 Å². The minimum Gasteiger partial charge on any atom is -0.480 e. The number of ether oxygens (including phenoxy) is 2. The molecule has 0 atom stereocenters. The highest BCUT2D eigenvalue weighted by molar-refractivity contribution is 6.36. The topological polar surface area (TPSA) is 40.5 Å². The van der Waals surface area contributed by atoms with Crippen LogP contribution in [-0.4, -0.2) is 23.8 Å². The van der Waals surface area contributed by atoms with E-state index in [1.54, 1.807) is 19.1 Å². The minimum atomic E-state index is -0.443. The summed E-state index contributed by atoms with van der Waals surface area (Å²) in [4.78, 5) is 11.3. The molecule has 1 heterocycles. The zero-order valence-electron chi connectivity index (χ0n) is 10.8. The smallest absolute Gasteiger partial charge is 0.344 e. The Morgan fingerprint density at radius 3 is 2.55 bits per heavy atom. The van der Waals surface area contributed by atoms with Crippen LogP contribution in [0, 0.1) is 0 Å². The van der Waals surface area contributed by atoms with Crippen molar-refractivity contribution in [2.75, 3.05) is 13.2 Å². The van der Waals surface area contributed by atoms with Crippen LogP contribution in [0.3, 0.4) is 0 Å². The molecule has 1 aromatic carbocycles. The van der Waals surface area contributed by atoms with E-state index in [0.29, 0.717) is 22.4 Å². The molecule has 0 fully saturated rings. The van der Waals surface area contributed by atoms with Crippen molar-refractivity contribution in [1.82, 2.24) is 4.57 Å². The highest BCUT2D eigenvalue weighted by atomic mass is 35.5. The lowest BCUT2D eigenvalue weighted by Gasteiger charge is -2.12. The normalized spacial score (nSPS) is 10.3. The minimum absolute atomic E-state index is 0.194. The van der Waals surface area contributed by atoms with Gasteiger partial charge in [-0.1, -0.05) is 23.2 Å². The molecule has 6 heteroatoms. The molecule has 0 radical (unpaired) electrons. The van der Waals surface area contributed by atoms with Crippen molar-refractivity contribution in [1.29, 1.82) is 0 Å². The SMILES string of the molecule is CCOC(=O)COc1cc(-n2cccc2)c(Cl)cc1Cl. The van der Waals surface area contributed by atoms with Crippen molar-refractivity contribution in [3.8, 4) is 11.4 Å². The molecule has 0 aliphatic heterocycles. The second-order valence-electron chi connectivity index (χ2n) is 3.92. The molecule has 0 saturated carbocycles. The summed E-state index contributed by atoms with van der Waals surface area (Å²) in [5.41, 5.74) is 0.722. The molecule has 0 aliphatic carbocycles. The predicted molar refractivity (Wildman–Crippen MR) is 77.9 cm³/mol. The lowest BCUT2D eigenvalue weighted by molar-refractivity contribution is -0.145. The van der Waals surface area contributed by atoms with E-state index >= 15 is 0 Å². The van der Waals surface area contributed by atoms with Crippen LogP contribution in [-0.2, 0) is 9.53 Å². The number of esters is 1. The van der Waals surface area contributed by atoms with E-state index in [1.807, 2.05) is 29.1 Å². The molecule has 2 aromatic rings. The molecule has 0 spiro atoms. The summed E-state index contributed by atoms with van der Waals surface area (Å²) in [5.74, 6) is -0.0612. The van der Waals surface area contributed by atoms with E-state index in [0.717, 1.165) is 5.69 Å². The second-order valence-corrected chi connectivity index (χ2v) is 4.73. The predicted octanol–water partition coefficient (Wildman–Crippen LogP) is 3.73. The zero-order valence-corrected chi connectivity index (χ0v) is 12.3. The van der Waals surface area contributed by atoms with Gasteiger partial charge in [-0.25, -0.2) is 4.79 Å². The van der Waals surface area contributed by atoms with Gasteiger partial charge in [0.25, 0.3) is 0 Å². The number of carbonyl (C=O) groups excluding carboxylic acids is 1. The average Bonchev–Trinajstić information content (AvgIpc) is 2.92. The summed E-state index contributed by atoms with van der Waals surface area (Å²) in [6.07, 6.45) is 3.70. The Bertz CT molecular complexity index is 597. The molecule has 0 bridgehead atoms. The van der Waals surface area contributed by atoms with Crippen LogP contribution in [0.5, 0.6) is 5.75 Å². The van der Waals surface area contributed by atoms with Gasteiger partial charge in [0.1, 0.15) is 5.75 Å². The molecule has 20 heavy (non-hydrogen) atoms. The molecule has 0 saturated heterocycles. The number of hydrogen-bond donors (Lipinski definition) is 0. The lowest BCUT2D eigenvalue weighted by Crippen LogP contribution is -2.14. The number of aromatic nitrogens is 1. The molecule has 2 rings (SSSR count). The summed E-state index contributed by atoms with van der Waals surface area (Å²) in [5, 5.41) is 0.838. The van der Waals surface area contributed by atoms with Crippen LogP contribution < -0.4 is 4.74 Å². The van der Waals surface area contributed by atoms with Gasteiger partial charge in [-0.15, -0.1) is 0 Å². The highest BCUT2D eigenvalue weighted by Crippen LogP contribution is 2.33.